The van der Waals surface area contributed by atoms with Gasteiger partial charge in [0.1, 0.15) is 0 Å². The van der Waals surface area contributed by atoms with Gasteiger partial charge in [0.2, 0.25) is 5.91 Å². The zero-order valence-electron chi connectivity index (χ0n) is 8.67. The largest absolute Gasteiger partial charge is 0.380 e. The summed E-state index contributed by atoms with van der Waals surface area (Å²) in [4.78, 5) is 11.3. The molecule has 0 aromatic heterocycles. The quantitative estimate of drug-likeness (QED) is 0.628. The van der Waals surface area contributed by atoms with Crippen LogP contribution >= 0.6 is 0 Å². The highest BCUT2D eigenvalue weighted by molar-refractivity contribution is 5.76. The fourth-order valence-electron chi connectivity index (χ4n) is 0.905. The Kier molecular flexibility index (Phi) is 6.54. The van der Waals surface area contributed by atoms with Crippen molar-refractivity contribution in [1.29, 1.82) is 0 Å². The Morgan fingerprint density at radius 1 is 1.62 bits per heavy atom. The molecule has 0 aliphatic rings. The van der Waals surface area contributed by atoms with Gasteiger partial charge in [-0.15, -0.1) is 0 Å². The van der Waals surface area contributed by atoms with Gasteiger partial charge in [-0.3, -0.25) is 4.79 Å². The first-order chi connectivity index (χ1) is 6.13. The minimum atomic E-state index is -0.163. The minimum Gasteiger partial charge on any atom is -0.380 e. The SMILES string of the molecule is CCC(C)NC(=O)CC(CN)OC. The number of nitrogens with two attached hydrogens (primary N) is 1. The van der Waals surface area contributed by atoms with Gasteiger partial charge in [0.25, 0.3) is 0 Å². The highest BCUT2D eigenvalue weighted by atomic mass is 16.5. The van der Waals surface area contributed by atoms with Gasteiger partial charge < -0.3 is 15.8 Å². The second-order valence-electron chi connectivity index (χ2n) is 3.17. The summed E-state index contributed by atoms with van der Waals surface area (Å²) in [5.41, 5.74) is 5.39. The Morgan fingerprint density at radius 3 is 2.62 bits per heavy atom. The Morgan fingerprint density at radius 2 is 2.23 bits per heavy atom. The molecule has 0 aromatic carbocycles. The fraction of sp³-hybridized carbons (Fsp3) is 0.889. The Hall–Kier alpha value is -0.610. The smallest absolute Gasteiger partial charge is 0.222 e. The van der Waals surface area contributed by atoms with Crippen LogP contribution in [0.2, 0.25) is 0 Å². The van der Waals surface area contributed by atoms with Gasteiger partial charge >= 0.3 is 0 Å². The summed E-state index contributed by atoms with van der Waals surface area (Å²) in [7, 11) is 1.56. The molecule has 0 saturated heterocycles. The van der Waals surface area contributed by atoms with Crippen LogP contribution < -0.4 is 11.1 Å². The van der Waals surface area contributed by atoms with Crippen molar-refractivity contribution in [2.75, 3.05) is 13.7 Å². The first-order valence-electron chi connectivity index (χ1n) is 4.66. The summed E-state index contributed by atoms with van der Waals surface area (Å²) in [6.45, 7) is 4.38. The van der Waals surface area contributed by atoms with Gasteiger partial charge in [-0.1, -0.05) is 6.92 Å². The summed E-state index contributed by atoms with van der Waals surface area (Å²) in [5, 5.41) is 2.85. The van der Waals surface area contributed by atoms with Crippen LogP contribution in [-0.4, -0.2) is 31.7 Å². The summed E-state index contributed by atoms with van der Waals surface area (Å²) >= 11 is 0. The van der Waals surface area contributed by atoms with Crippen LogP contribution in [0.1, 0.15) is 26.7 Å². The van der Waals surface area contributed by atoms with E-state index in [2.05, 4.69) is 5.32 Å². The number of ether oxygens (including phenoxy) is 1. The van der Waals surface area contributed by atoms with Crippen molar-refractivity contribution < 1.29 is 9.53 Å². The average Bonchev–Trinajstić information content (AvgIpc) is 2.13. The number of carbonyl (C=O) groups excluding carboxylic acids is 1. The summed E-state index contributed by atoms with van der Waals surface area (Å²) < 4.78 is 5.00. The molecule has 13 heavy (non-hydrogen) atoms. The van der Waals surface area contributed by atoms with Crippen molar-refractivity contribution in [3.63, 3.8) is 0 Å². The van der Waals surface area contributed by atoms with E-state index in [1.54, 1.807) is 7.11 Å². The molecule has 0 radical (unpaired) electrons. The van der Waals surface area contributed by atoms with E-state index in [4.69, 9.17) is 10.5 Å². The van der Waals surface area contributed by atoms with E-state index in [0.29, 0.717) is 13.0 Å². The summed E-state index contributed by atoms with van der Waals surface area (Å²) in [6, 6.07) is 0.225. The maximum atomic E-state index is 11.3. The van der Waals surface area contributed by atoms with Crippen LogP contribution in [0.4, 0.5) is 0 Å². The number of rotatable bonds is 6. The number of carbonyl (C=O) groups is 1. The van der Waals surface area contributed by atoms with Crippen LogP contribution in [0, 0.1) is 0 Å². The molecule has 2 atom stereocenters. The van der Waals surface area contributed by atoms with Gasteiger partial charge in [-0.25, -0.2) is 0 Å². The normalized spacial score (nSPS) is 15.1. The molecule has 0 spiro atoms. The number of nitrogens with one attached hydrogen (secondary N) is 1. The maximum absolute atomic E-state index is 11.3. The van der Waals surface area contributed by atoms with Crippen LogP contribution in [-0.2, 0) is 9.53 Å². The lowest BCUT2D eigenvalue weighted by atomic mass is 10.2. The fourth-order valence-corrected chi connectivity index (χ4v) is 0.905. The second kappa shape index (κ2) is 6.86. The molecule has 0 aliphatic heterocycles. The van der Waals surface area contributed by atoms with E-state index < -0.39 is 0 Å². The Balaban J connectivity index is 3.72. The Bertz CT molecular complexity index is 147. The number of amides is 1. The van der Waals surface area contributed by atoms with Crippen LogP contribution in [0.15, 0.2) is 0 Å². The molecule has 4 heteroatoms. The molecular formula is C9H20N2O2. The van der Waals surface area contributed by atoms with Crippen molar-refractivity contribution in [2.45, 2.75) is 38.8 Å². The van der Waals surface area contributed by atoms with E-state index in [9.17, 15) is 4.79 Å². The number of hydrogen-bond acceptors (Lipinski definition) is 3. The van der Waals surface area contributed by atoms with E-state index in [0.717, 1.165) is 6.42 Å². The predicted molar refractivity (Wildman–Crippen MR) is 52.4 cm³/mol. The zero-order chi connectivity index (χ0) is 10.3. The standard InChI is InChI=1S/C9H20N2O2/c1-4-7(2)11-9(12)5-8(6-10)13-3/h7-8H,4-6,10H2,1-3H3,(H,11,12). The van der Waals surface area contributed by atoms with Gasteiger partial charge in [-0.05, 0) is 13.3 Å². The van der Waals surface area contributed by atoms with Crippen LogP contribution in [0.5, 0.6) is 0 Å². The molecular weight excluding hydrogens is 168 g/mol. The molecule has 0 heterocycles. The van der Waals surface area contributed by atoms with Gasteiger partial charge in [-0.2, -0.15) is 0 Å². The monoisotopic (exact) mass is 188 g/mol. The van der Waals surface area contributed by atoms with Crippen molar-refractivity contribution in [3.8, 4) is 0 Å². The van der Waals surface area contributed by atoms with Gasteiger partial charge in [0, 0.05) is 19.7 Å². The summed E-state index contributed by atoms with van der Waals surface area (Å²) in [6.07, 6.45) is 1.12. The van der Waals surface area contributed by atoms with Gasteiger partial charge in [0.15, 0.2) is 0 Å². The topological polar surface area (TPSA) is 64.4 Å². The van der Waals surface area contributed by atoms with Crippen molar-refractivity contribution in [2.24, 2.45) is 5.73 Å². The maximum Gasteiger partial charge on any atom is 0.222 e. The van der Waals surface area contributed by atoms with E-state index in [-0.39, 0.29) is 18.1 Å². The molecule has 0 saturated carbocycles. The third kappa shape index (κ3) is 5.60. The minimum absolute atomic E-state index is 0.00616. The molecule has 78 valence electrons. The first kappa shape index (κ1) is 12.4. The molecule has 4 nitrogen and oxygen atoms in total. The summed E-state index contributed by atoms with van der Waals surface area (Å²) in [5.74, 6) is 0.00616. The lowest BCUT2D eigenvalue weighted by molar-refractivity contribution is -0.124. The second-order valence-corrected chi connectivity index (χ2v) is 3.17. The lowest BCUT2D eigenvalue weighted by Crippen LogP contribution is -2.36. The molecule has 0 bridgehead atoms. The third-order valence-corrected chi connectivity index (χ3v) is 2.03. The van der Waals surface area contributed by atoms with Crippen LogP contribution in [0.3, 0.4) is 0 Å². The first-order valence-corrected chi connectivity index (χ1v) is 4.66. The van der Waals surface area contributed by atoms with E-state index in [1.807, 2.05) is 13.8 Å². The van der Waals surface area contributed by atoms with Gasteiger partial charge in [0.05, 0.1) is 12.5 Å². The van der Waals surface area contributed by atoms with Crippen LogP contribution in [0.25, 0.3) is 0 Å². The molecule has 0 rings (SSSR count). The molecule has 2 unspecified atom stereocenters. The number of methoxy groups -OCH3 is 1. The van der Waals surface area contributed by atoms with Crippen molar-refractivity contribution in [3.05, 3.63) is 0 Å². The predicted octanol–water partition coefficient (Wildman–Crippen LogP) is 0.265. The third-order valence-electron chi connectivity index (χ3n) is 2.03. The number of hydrogen-bond donors (Lipinski definition) is 2. The molecule has 0 aliphatic carbocycles. The van der Waals surface area contributed by atoms with Crippen molar-refractivity contribution in [1.82, 2.24) is 5.32 Å². The van der Waals surface area contributed by atoms with Crippen molar-refractivity contribution >= 4 is 5.91 Å². The highest BCUT2D eigenvalue weighted by Crippen LogP contribution is 1.96. The van der Waals surface area contributed by atoms with E-state index in [1.165, 1.54) is 0 Å². The average molecular weight is 188 g/mol. The Labute approximate surface area is 79.8 Å². The molecule has 1 amide bonds. The van der Waals surface area contributed by atoms with E-state index >= 15 is 0 Å². The zero-order valence-corrected chi connectivity index (χ0v) is 8.67. The molecule has 0 fully saturated rings. The highest BCUT2D eigenvalue weighted by Gasteiger charge is 2.12. The molecule has 0 aromatic rings. The lowest BCUT2D eigenvalue weighted by Gasteiger charge is -2.15. The molecule has 3 N–H and O–H groups in total.